The van der Waals surface area contributed by atoms with Crippen molar-refractivity contribution in [3.63, 3.8) is 0 Å². The SMILES string of the molecule is [2H]C([2H])([2H])c1cnc(-c2[c-]cc3c4ccccc4c4ccccc4c3c2)cc1C([2H])([2H])[2H].[2H]C([2H])(c1ccc(-c2[c-]cccc2)nc1)C(C)(C)C.[Ir]. The summed E-state index contributed by atoms with van der Waals surface area (Å²) in [6.07, 6.45) is 1.38. The van der Waals surface area contributed by atoms with Crippen LogP contribution in [0.3, 0.4) is 0 Å². The van der Waals surface area contributed by atoms with Gasteiger partial charge in [-0.2, -0.15) is 0 Å². The number of aryl methyl sites for hydroxylation is 2. The second-order valence-electron chi connectivity index (χ2n) is 11.5. The molecular weight excluding hydrogens is 713 g/mol. The minimum atomic E-state index is -2.57. The number of aromatic nitrogens is 2. The van der Waals surface area contributed by atoms with E-state index < -0.39 is 25.5 Å². The maximum atomic E-state index is 8.21. The standard InChI is InChI=1S/C25H18N.C16H18N.Ir/c1-16-13-25(26-15-17(16)2)18-11-12-23-21-9-4-3-7-19(21)20-8-5-6-10-22(20)24(23)14-18;1-16(2,3)11-13-9-10-15(17-12-13)14-7-5-4-6-8-14;/h3-10,12-15H,1-2H3;4-7,9-10,12H,11H2,1-3H3;/q2*-1;/i1D3,2D3;11D2;. The molecule has 3 heteroatoms. The van der Waals surface area contributed by atoms with Crippen LogP contribution in [0.5, 0.6) is 0 Å². The van der Waals surface area contributed by atoms with Crippen molar-refractivity contribution in [2.24, 2.45) is 5.41 Å². The summed E-state index contributed by atoms with van der Waals surface area (Å²) in [5, 5.41) is 6.51. The van der Waals surface area contributed by atoms with E-state index in [0.717, 1.165) is 49.8 Å². The van der Waals surface area contributed by atoms with Gasteiger partial charge in [-0.1, -0.05) is 109 Å². The molecule has 2 aromatic heterocycles. The maximum absolute atomic E-state index is 8.21. The van der Waals surface area contributed by atoms with Crippen molar-refractivity contribution < 1.29 is 31.1 Å². The van der Waals surface area contributed by atoms with E-state index >= 15 is 0 Å². The topological polar surface area (TPSA) is 25.8 Å². The number of nitrogens with zero attached hydrogens (tertiary/aromatic N) is 2. The van der Waals surface area contributed by atoms with Gasteiger partial charge in [0.25, 0.3) is 0 Å². The van der Waals surface area contributed by atoms with Crippen LogP contribution in [0.25, 0.3) is 54.8 Å². The van der Waals surface area contributed by atoms with Gasteiger partial charge >= 0.3 is 0 Å². The van der Waals surface area contributed by atoms with Gasteiger partial charge in [-0.3, -0.25) is 0 Å². The molecule has 0 saturated heterocycles. The summed E-state index contributed by atoms with van der Waals surface area (Å²) in [5.74, 6) is 0. The van der Waals surface area contributed by atoms with Gasteiger partial charge in [0.2, 0.25) is 0 Å². The Kier molecular flexibility index (Phi) is 6.72. The molecule has 0 N–H and O–H groups in total. The van der Waals surface area contributed by atoms with Crippen molar-refractivity contribution in [3.05, 3.63) is 144 Å². The number of hydrogen-bond acceptors (Lipinski definition) is 2. The Morgan fingerprint density at radius 3 is 1.86 bits per heavy atom. The summed E-state index contributed by atoms with van der Waals surface area (Å²) >= 11 is 0. The van der Waals surface area contributed by atoms with Gasteiger partial charge in [-0.15, -0.1) is 59.7 Å². The Hall–Kier alpha value is -4.17. The van der Waals surface area contributed by atoms with Gasteiger partial charge in [0, 0.05) is 43.5 Å². The van der Waals surface area contributed by atoms with Gasteiger partial charge in [-0.05, 0) is 64.2 Å². The number of pyridine rings is 2. The van der Waals surface area contributed by atoms with Crippen molar-refractivity contribution in [1.29, 1.82) is 0 Å². The molecule has 5 aromatic carbocycles. The predicted molar refractivity (Wildman–Crippen MR) is 182 cm³/mol. The van der Waals surface area contributed by atoms with Crippen molar-refractivity contribution >= 4 is 32.3 Å². The molecule has 221 valence electrons. The maximum Gasteiger partial charge on any atom is 0.0322 e. The van der Waals surface area contributed by atoms with E-state index in [-0.39, 0.29) is 31.2 Å². The average Bonchev–Trinajstić information content (AvgIpc) is 3.11. The second-order valence-corrected chi connectivity index (χ2v) is 11.5. The Morgan fingerprint density at radius 1 is 0.636 bits per heavy atom. The summed E-state index contributed by atoms with van der Waals surface area (Å²) in [7, 11) is 0. The third-order valence-corrected chi connectivity index (χ3v) is 7.12. The van der Waals surface area contributed by atoms with Crippen LogP contribution in [0.2, 0.25) is 0 Å². The summed E-state index contributed by atoms with van der Waals surface area (Å²) in [4.78, 5) is 8.65. The monoisotopic (exact) mass is 757 g/mol. The molecule has 1 radical (unpaired) electrons. The first kappa shape index (κ1) is 22.4. The van der Waals surface area contributed by atoms with Gasteiger partial charge in [0.1, 0.15) is 0 Å². The largest absolute Gasteiger partial charge is 0.304 e. The Bertz CT molecular complexity index is 2310. The molecule has 0 aliphatic heterocycles. The summed E-state index contributed by atoms with van der Waals surface area (Å²) in [5.41, 5.74) is 2.41. The smallest absolute Gasteiger partial charge is 0.0322 e. The molecule has 0 saturated carbocycles. The summed E-state index contributed by atoms with van der Waals surface area (Å²) < 4.78 is 62.9. The normalized spacial score (nSPS) is 14.8. The third kappa shape index (κ3) is 6.81. The molecule has 0 atom stereocenters. The van der Waals surface area contributed by atoms with E-state index in [2.05, 4.69) is 46.4 Å². The molecule has 7 aromatic rings. The van der Waals surface area contributed by atoms with Gasteiger partial charge in [0.05, 0.1) is 0 Å². The molecule has 0 aliphatic rings. The molecule has 2 heterocycles. The predicted octanol–water partition coefficient (Wildman–Crippen LogP) is 10.8. The van der Waals surface area contributed by atoms with Crippen molar-refractivity contribution in [2.45, 2.75) is 40.8 Å². The van der Waals surface area contributed by atoms with Gasteiger partial charge in [-0.25, -0.2) is 0 Å². The van der Waals surface area contributed by atoms with Crippen LogP contribution in [0.15, 0.2) is 116 Å². The fourth-order valence-corrected chi connectivity index (χ4v) is 5.21. The molecule has 0 aliphatic carbocycles. The van der Waals surface area contributed by atoms with Crippen LogP contribution in [-0.2, 0) is 26.5 Å². The van der Waals surface area contributed by atoms with Gasteiger partial charge < -0.3 is 9.97 Å². The molecule has 0 bridgehead atoms. The van der Waals surface area contributed by atoms with Crippen LogP contribution in [0, 0.1) is 31.3 Å². The Balaban J connectivity index is 0.000000225. The minimum absolute atomic E-state index is 0. The Labute approximate surface area is 285 Å². The first-order valence-electron chi connectivity index (χ1n) is 18.2. The van der Waals surface area contributed by atoms with Crippen molar-refractivity contribution in [1.82, 2.24) is 9.97 Å². The number of hydrogen-bond donors (Lipinski definition) is 0. The molecule has 7 rings (SSSR count). The van der Waals surface area contributed by atoms with Crippen LogP contribution in [0.1, 0.15) is 48.4 Å². The first-order valence-corrected chi connectivity index (χ1v) is 14.2. The first-order chi connectivity index (χ1) is 24.0. The molecule has 0 amide bonds. The second kappa shape index (κ2) is 13.2. The van der Waals surface area contributed by atoms with E-state index in [0.29, 0.717) is 16.8 Å². The fourth-order valence-electron chi connectivity index (χ4n) is 5.21. The molecule has 0 fully saturated rings. The van der Waals surface area contributed by atoms with E-state index in [1.165, 1.54) is 6.07 Å². The van der Waals surface area contributed by atoms with Crippen LogP contribution >= 0.6 is 0 Å². The van der Waals surface area contributed by atoms with Crippen LogP contribution in [0.4, 0.5) is 0 Å². The fraction of sp³-hybridized carbons (Fsp3) is 0.171. The quantitative estimate of drug-likeness (QED) is 0.133. The molecule has 44 heavy (non-hydrogen) atoms. The van der Waals surface area contributed by atoms with E-state index in [4.69, 9.17) is 11.0 Å². The van der Waals surface area contributed by atoms with E-state index in [9.17, 15) is 0 Å². The molecule has 0 spiro atoms. The zero-order valence-corrected chi connectivity index (χ0v) is 27.1. The zero-order chi connectivity index (χ0) is 36.8. The molecular formula is C41H36IrN2-2. The third-order valence-electron chi connectivity index (χ3n) is 7.12. The Morgan fingerprint density at radius 2 is 1.27 bits per heavy atom. The summed E-state index contributed by atoms with van der Waals surface area (Å²) in [6.45, 7) is 0.558. The summed E-state index contributed by atoms with van der Waals surface area (Å²) in [6, 6.07) is 39.2. The minimum Gasteiger partial charge on any atom is -0.304 e. The number of fused-ring (bicyclic) bond motifs is 6. The number of benzene rings is 5. The van der Waals surface area contributed by atoms with E-state index in [1.807, 2.05) is 93.6 Å². The number of rotatable bonds is 3. The van der Waals surface area contributed by atoms with Gasteiger partial charge in [0.15, 0.2) is 0 Å². The van der Waals surface area contributed by atoms with Crippen molar-refractivity contribution in [3.8, 4) is 22.5 Å². The average molecular weight is 757 g/mol. The van der Waals surface area contributed by atoms with Crippen LogP contribution in [-0.4, -0.2) is 9.97 Å². The van der Waals surface area contributed by atoms with Crippen LogP contribution < -0.4 is 0 Å². The van der Waals surface area contributed by atoms with E-state index in [1.54, 1.807) is 6.20 Å². The zero-order valence-electron chi connectivity index (χ0n) is 32.7. The van der Waals surface area contributed by atoms with Crippen molar-refractivity contribution in [2.75, 3.05) is 0 Å². The molecule has 0 unspecified atom stereocenters. The molecule has 2 nitrogen and oxygen atoms in total.